The summed E-state index contributed by atoms with van der Waals surface area (Å²) in [4.78, 5) is 16.6. The molecule has 0 atom stereocenters. The van der Waals surface area contributed by atoms with Crippen LogP contribution in [0, 0.1) is 0 Å². The number of H-pyrrole nitrogens is 1. The predicted molar refractivity (Wildman–Crippen MR) is 131 cm³/mol. The van der Waals surface area contributed by atoms with Gasteiger partial charge < -0.3 is 14.3 Å². The smallest absolute Gasteiger partial charge is 0.280 e. The van der Waals surface area contributed by atoms with Crippen LogP contribution in [0.5, 0.6) is 0 Å². The third-order valence-electron chi connectivity index (χ3n) is 6.17. The Bertz CT molecular complexity index is 1700. The van der Waals surface area contributed by atoms with Gasteiger partial charge in [0.25, 0.3) is 5.56 Å². The summed E-state index contributed by atoms with van der Waals surface area (Å²) in [5, 5.41) is 14.7. The van der Waals surface area contributed by atoms with Crippen molar-refractivity contribution in [2.24, 2.45) is 0 Å². The molecule has 0 aliphatic rings. The molecule has 2 aromatic carbocycles. The Balaban J connectivity index is 1.42. The molecule has 0 amide bonds. The fraction of sp³-hybridized carbons (Fsp3) is 0.154. The van der Waals surface area contributed by atoms with Crippen molar-refractivity contribution in [1.82, 2.24) is 29.4 Å². The van der Waals surface area contributed by atoms with E-state index in [0.717, 1.165) is 28.8 Å². The van der Waals surface area contributed by atoms with Gasteiger partial charge in [0.05, 0.1) is 17.9 Å². The second kappa shape index (κ2) is 8.24. The van der Waals surface area contributed by atoms with Crippen LogP contribution in [0.25, 0.3) is 38.7 Å². The van der Waals surface area contributed by atoms with Crippen LogP contribution >= 0.6 is 0 Å². The fourth-order valence-electron chi connectivity index (χ4n) is 4.52. The third kappa shape index (κ3) is 3.27. The van der Waals surface area contributed by atoms with Gasteiger partial charge in [-0.1, -0.05) is 48.5 Å². The first-order valence-corrected chi connectivity index (χ1v) is 11.1. The molecular weight excluding hydrogens is 428 g/mol. The van der Waals surface area contributed by atoms with Crippen molar-refractivity contribution in [3.05, 3.63) is 94.7 Å². The number of rotatable bonds is 6. The highest BCUT2D eigenvalue weighted by molar-refractivity contribution is 5.85. The molecule has 34 heavy (non-hydrogen) atoms. The third-order valence-corrected chi connectivity index (χ3v) is 6.17. The standard InChI is InChI=1S/C26H22N6O2/c1-34-16-21-23(17-7-3-2-4-8-17)25-29-28-24-22(32(25)30-21)12-14-31(26(24)33)13-11-18-15-27-20-10-6-5-9-19(18)20/h2-10,12,14-15,27H,11,13,16H2,1H3. The van der Waals surface area contributed by atoms with Crippen LogP contribution in [0.15, 0.2) is 77.9 Å². The number of pyridine rings is 1. The van der Waals surface area contributed by atoms with Crippen molar-refractivity contribution in [3.8, 4) is 11.1 Å². The summed E-state index contributed by atoms with van der Waals surface area (Å²) in [6, 6.07) is 20.0. The molecule has 4 aromatic heterocycles. The highest BCUT2D eigenvalue weighted by Gasteiger charge is 2.19. The molecule has 0 aliphatic carbocycles. The van der Waals surface area contributed by atoms with E-state index >= 15 is 0 Å². The van der Waals surface area contributed by atoms with Crippen LogP contribution < -0.4 is 5.56 Å². The zero-order valence-electron chi connectivity index (χ0n) is 18.6. The summed E-state index contributed by atoms with van der Waals surface area (Å²) in [6.07, 6.45) is 4.54. The summed E-state index contributed by atoms with van der Waals surface area (Å²) in [5.74, 6) is 0. The zero-order chi connectivity index (χ0) is 23.1. The van der Waals surface area contributed by atoms with Gasteiger partial charge >= 0.3 is 0 Å². The number of nitrogens with zero attached hydrogens (tertiary/aromatic N) is 5. The van der Waals surface area contributed by atoms with E-state index in [-0.39, 0.29) is 5.56 Å². The van der Waals surface area contributed by atoms with Gasteiger partial charge in [-0.3, -0.25) is 4.79 Å². The maximum absolute atomic E-state index is 13.3. The van der Waals surface area contributed by atoms with E-state index in [0.29, 0.717) is 29.8 Å². The molecule has 8 heteroatoms. The number of nitrogens with one attached hydrogen (secondary N) is 1. The molecule has 6 aromatic rings. The average molecular weight is 451 g/mol. The van der Waals surface area contributed by atoms with E-state index in [2.05, 4.69) is 21.2 Å². The zero-order valence-corrected chi connectivity index (χ0v) is 18.6. The lowest BCUT2D eigenvalue weighted by molar-refractivity contribution is 0.181. The van der Waals surface area contributed by atoms with Crippen molar-refractivity contribution >= 4 is 27.6 Å². The second-order valence-corrected chi connectivity index (χ2v) is 8.21. The van der Waals surface area contributed by atoms with Crippen molar-refractivity contribution in [3.63, 3.8) is 0 Å². The molecule has 4 heterocycles. The van der Waals surface area contributed by atoms with Crippen LogP contribution in [0.4, 0.5) is 0 Å². The molecular formula is C26H22N6O2. The topological polar surface area (TPSA) is 90.1 Å². The summed E-state index contributed by atoms with van der Waals surface area (Å²) in [5.41, 5.74) is 6.19. The van der Waals surface area contributed by atoms with Gasteiger partial charge in [-0.05, 0) is 29.7 Å². The summed E-state index contributed by atoms with van der Waals surface area (Å²) < 4.78 is 8.76. The number of para-hydroxylation sites is 1. The first-order valence-electron chi connectivity index (χ1n) is 11.1. The van der Waals surface area contributed by atoms with Crippen molar-refractivity contribution in [2.75, 3.05) is 7.11 Å². The van der Waals surface area contributed by atoms with Crippen molar-refractivity contribution < 1.29 is 4.74 Å². The van der Waals surface area contributed by atoms with E-state index < -0.39 is 0 Å². The molecule has 0 fully saturated rings. The van der Waals surface area contributed by atoms with E-state index in [4.69, 9.17) is 9.84 Å². The number of methoxy groups -OCH3 is 1. The number of aromatic nitrogens is 6. The summed E-state index contributed by atoms with van der Waals surface area (Å²) >= 11 is 0. The SMILES string of the molecule is COCc1nn2c(nnc3c(=O)n(CCc4c[nH]c5ccccc45)ccc32)c1-c1ccccc1. The molecule has 8 nitrogen and oxygen atoms in total. The molecule has 6 rings (SSSR count). The van der Waals surface area contributed by atoms with Crippen molar-refractivity contribution in [2.45, 2.75) is 19.6 Å². The lowest BCUT2D eigenvalue weighted by Gasteiger charge is -2.07. The van der Waals surface area contributed by atoms with Crippen LogP contribution in [-0.2, 0) is 24.3 Å². The fourth-order valence-corrected chi connectivity index (χ4v) is 4.52. The lowest BCUT2D eigenvalue weighted by atomic mass is 10.1. The van der Waals surface area contributed by atoms with Gasteiger partial charge in [-0.15, -0.1) is 10.2 Å². The highest BCUT2D eigenvalue weighted by Crippen LogP contribution is 2.29. The van der Waals surface area contributed by atoms with Crippen LogP contribution in [0.2, 0.25) is 0 Å². The monoisotopic (exact) mass is 450 g/mol. The molecule has 0 radical (unpaired) electrons. The lowest BCUT2D eigenvalue weighted by Crippen LogP contribution is -2.22. The molecule has 0 bridgehead atoms. The number of ether oxygens (including phenoxy) is 1. The van der Waals surface area contributed by atoms with Crippen molar-refractivity contribution in [1.29, 1.82) is 0 Å². The Hall–Kier alpha value is -4.30. The molecule has 1 N–H and O–H groups in total. The minimum atomic E-state index is -0.184. The first kappa shape index (κ1) is 20.3. The number of benzene rings is 2. The van der Waals surface area contributed by atoms with Crippen LogP contribution in [0.1, 0.15) is 11.3 Å². The average Bonchev–Trinajstić information content (AvgIpc) is 3.46. The van der Waals surface area contributed by atoms with Gasteiger partial charge in [0.2, 0.25) is 0 Å². The van der Waals surface area contributed by atoms with E-state index in [1.54, 1.807) is 22.4 Å². The predicted octanol–water partition coefficient (Wildman–Crippen LogP) is 3.98. The van der Waals surface area contributed by atoms with E-state index in [1.165, 1.54) is 10.9 Å². The Morgan fingerprint density at radius 3 is 2.68 bits per heavy atom. The quantitative estimate of drug-likeness (QED) is 0.415. The van der Waals surface area contributed by atoms with E-state index in [1.807, 2.05) is 60.8 Å². The van der Waals surface area contributed by atoms with E-state index in [9.17, 15) is 4.79 Å². The van der Waals surface area contributed by atoms with Gasteiger partial charge in [0, 0.05) is 37.0 Å². The Kier molecular flexibility index (Phi) is 4.92. The number of aryl methyl sites for hydroxylation is 2. The highest BCUT2D eigenvalue weighted by atomic mass is 16.5. The molecule has 0 unspecified atom stereocenters. The molecule has 168 valence electrons. The molecule has 0 spiro atoms. The second-order valence-electron chi connectivity index (χ2n) is 8.21. The summed E-state index contributed by atoms with van der Waals surface area (Å²) in [7, 11) is 1.63. The minimum Gasteiger partial charge on any atom is -0.378 e. The molecule has 0 aliphatic heterocycles. The minimum absolute atomic E-state index is 0.184. The van der Waals surface area contributed by atoms with Gasteiger partial charge in [-0.25, -0.2) is 4.52 Å². The Morgan fingerprint density at radius 2 is 1.82 bits per heavy atom. The maximum Gasteiger partial charge on any atom is 0.280 e. The van der Waals surface area contributed by atoms with Gasteiger partial charge in [0.1, 0.15) is 5.52 Å². The Morgan fingerprint density at radius 1 is 1.00 bits per heavy atom. The normalized spacial score (nSPS) is 11.7. The maximum atomic E-state index is 13.3. The molecule has 0 saturated carbocycles. The Labute approximate surface area is 194 Å². The number of hydrogen-bond acceptors (Lipinski definition) is 5. The van der Waals surface area contributed by atoms with Gasteiger partial charge in [0.15, 0.2) is 11.2 Å². The van der Waals surface area contributed by atoms with Crippen LogP contribution in [-0.4, -0.2) is 36.5 Å². The largest absolute Gasteiger partial charge is 0.378 e. The number of aromatic amines is 1. The molecule has 0 saturated heterocycles. The first-order chi connectivity index (χ1) is 16.7. The number of hydrogen-bond donors (Lipinski definition) is 1. The summed E-state index contributed by atoms with van der Waals surface area (Å²) in [6.45, 7) is 0.871. The van der Waals surface area contributed by atoms with Crippen LogP contribution in [0.3, 0.4) is 0 Å². The number of fused-ring (bicyclic) bond motifs is 4. The van der Waals surface area contributed by atoms with Gasteiger partial charge in [-0.2, -0.15) is 5.10 Å².